The standard InChI is InChI=1S/C28H20ClN3/c29-24-14-16-25(17-15-24)32-26(21-9-3-1-4-10-21)19-23(20-31-27-13-7-8-18-30-27)28(32)22-11-5-2-6-12-22/h1-20H. The van der Waals surface area contributed by atoms with Gasteiger partial charge >= 0.3 is 0 Å². The van der Waals surface area contributed by atoms with Crippen molar-refractivity contribution >= 4 is 23.6 Å². The van der Waals surface area contributed by atoms with Crippen molar-refractivity contribution in [2.24, 2.45) is 4.99 Å². The normalized spacial score (nSPS) is 11.2. The molecule has 0 unspecified atom stereocenters. The van der Waals surface area contributed by atoms with Gasteiger partial charge in [-0.25, -0.2) is 9.98 Å². The first kappa shape index (κ1) is 20.0. The molecule has 5 rings (SSSR count). The van der Waals surface area contributed by atoms with Crippen molar-refractivity contribution in [1.82, 2.24) is 9.55 Å². The van der Waals surface area contributed by atoms with Gasteiger partial charge in [0.1, 0.15) is 0 Å². The van der Waals surface area contributed by atoms with Crippen molar-refractivity contribution in [1.29, 1.82) is 0 Å². The Morgan fingerprint density at radius 2 is 1.38 bits per heavy atom. The third kappa shape index (κ3) is 4.11. The summed E-state index contributed by atoms with van der Waals surface area (Å²) >= 11 is 6.20. The summed E-state index contributed by atoms with van der Waals surface area (Å²) in [5.74, 6) is 0.673. The minimum Gasteiger partial charge on any atom is -0.309 e. The minimum absolute atomic E-state index is 0.673. The van der Waals surface area contributed by atoms with Gasteiger partial charge in [0.15, 0.2) is 5.82 Å². The van der Waals surface area contributed by atoms with Crippen LogP contribution in [0.4, 0.5) is 5.82 Å². The van der Waals surface area contributed by atoms with Gasteiger partial charge in [-0.2, -0.15) is 0 Å². The molecule has 4 heteroatoms. The number of hydrogen-bond acceptors (Lipinski definition) is 2. The summed E-state index contributed by atoms with van der Waals surface area (Å²) in [7, 11) is 0. The highest BCUT2D eigenvalue weighted by Gasteiger charge is 2.18. The van der Waals surface area contributed by atoms with Crippen molar-refractivity contribution in [2.45, 2.75) is 0 Å². The Balaban J connectivity index is 1.78. The zero-order valence-corrected chi connectivity index (χ0v) is 18.0. The minimum atomic E-state index is 0.673. The van der Waals surface area contributed by atoms with Gasteiger partial charge in [-0.3, -0.25) is 0 Å². The number of benzene rings is 3. The van der Waals surface area contributed by atoms with Gasteiger partial charge in [0, 0.05) is 28.7 Å². The van der Waals surface area contributed by atoms with Crippen LogP contribution in [0.25, 0.3) is 28.2 Å². The summed E-state index contributed by atoms with van der Waals surface area (Å²) in [5.41, 5.74) is 6.41. The van der Waals surface area contributed by atoms with Crippen LogP contribution in [0.5, 0.6) is 0 Å². The van der Waals surface area contributed by atoms with E-state index >= 15 is 0 Å². The van der Waals surface area contributed by atoms with Crippen LogP contribution in [0.15, 0.2) is 120 Å². The number of rotatable bonds is 5. The molecule has 0 saturated carbocycles. The first-order chi connectivity index (χ1) is 15.8. The monoisotopic (exact) mass is 433 g/mol. The summed E-state index contributed by atoms with van der Waals surface area (Å²) in [6, 6.07) is 36.6. The largest absolute Gasteiger partial charge is 0.309 e. The maximum absolute atomic E-state index is 6.20. The number of halogens is 1. The van der Waals surface area contributed by atoms with Crippen LogP contribution < -0.4 is 0 Å². The van der Waals surface area contributed by atoms with Gasteiger partial charge in [0.25, 0.3) is 0 Å². The van der Waals surface area contributed by atoms with E-state index in [1.165, 1.54) is 0 Å². The van der Waals surface area contributed by atoms with E-state index in [9.17, 15) is 0 Å². The number of nitrogens with zero attached hydrogens (tertiary/aromatic N) is 3. The molecule has 3 nitrogen and oxygen atoms in total. The Kier molecular flexibility index (Phi) is 5.65. The molecule has 154 valence electrons. The average Bonchev–Trinajstić information content (AvgIpc) is 3.24. The predicted octanol–water partition coefficient (Wildman–Crippen LogP) is 7.61. The van der Waals surface area contributed by atoms with Gasteiger partial charge in [0.05, 0.1) is 11.4 Å². The highest BCUT2D eigenvalue weighted by atomic mass is 35.5. The molecule has 0 bridgehead atoms. The summed E-state index contributed by atoms with van der Waals surface area (Å²) < 4.78 is 2.26. The molecular formula is C28H20ClN3. The first-order valence-corrected chi connectivity index (χ1v) is 10.7. The molecule has 32 heavy (non-hydrogen) atoms. The molecule has 5 aromatic rings. The lowest BCUT2D eigenvalue weighted by Gasteiger charge is -2.15. The molecule has 0 radical (unpaired) electrons. The molecule has 2 aromatic heterocycles. The summed E-state index contributed by atoms with van der Waals surface area (Å²) in [6.45, 7) is 0. The van der Waals surface area contributed by atoms with E-state index in [1.54, 1.807) is 6.20 Å². The third-order valence-electron chi connectivity index (χ3n) is 5.22. The number of aliphatic imine (C=N–C) groups is 1. The molecular weight excluding hydrogens is 414 g/mol. The highest BCUT2D eigenvalue weighted by molar-refractivity contribution is 6.30. The number of aromatic nitrogens is 2. The number of pyridine rings is 1. The maximum Gasteiger partial charge on any atom is 0.151 e. The van der Waals surface area contributed by atoms with Gasteiger partial charge in [0.2, 0.25) is 0 Å². The molecule has 3 aromatic carbocycles. The van der Waals surface area contributed by atoms with Crippen molar-refractivity contribution < 1.29 is 0 Å². The van der Waals surface area contributed by atoms with Crippen LogP contribution in [0.3, 0.4) is 0 Å². The first-order valence-electron chi connectivity index (χ1n) is 10.4. The lowest BCUT2D eigenvalue weighted by Crippen LogP contribution is -2.00. The van der Waals surface area contributed by atoms with Gasteiger partial charge in [-0.05, 0) is 53.6 Å². The zero-order valence-electron chi connectivity index (χ0n) is 17.3. The molecule has 0 aliphatic carbocycles. The van der Waals surface area contributed by atoms with Gasteiger partial charge in [-0.1, -0.05) is 78.3 Å². The fourth-order valence-electron chi connectivity index (χ4n) is 3.77. The molecule has 2 heterocycles. The van der Waals surface area contributed by atoms with E-state index in [2.05, 4.69) is 69.1 Å². The fourth-order valence-corrected chi connectivity index (χ4v) is 3.89. The van der Waals surface area contributed by atoms with Crippen LogP contribution in [0.1, 0.15) is 5.56 Å². The summed E-state index contributed by atoms with van der Waals surface area (Å²) in [4.78, 5) is 8.98. The second-order valence-electron chi connectivity index (χ2n) is 7.32. The topological polar surface area (TPSA) is 30.2 Å². The average molecular weight is 434 g/mol. The Labute approximate surface area is 192 Å². The van der Waals surface area contributed by atoms with Crippen LogP contribution in [0, 0.1) is 0 Å². The molecule has 0 saturated heterocycles. The van der Waals surface area contributed by atoms with E-state index in [1.807, 2.05) is 60.8 Å². The quantitative estimate of drug-likeness (QED) is 0.262. The van der Waals surface area contributed by atoms with Crippen LogP contribution in [-0.2, 0) is 0 Å². The second kappa shape index (κ2) is 9.04. The second-order valence-corrected chi connectivity index (χ2v) is 7.76. The van der Waals surface area contributed by atoms with E-state index < -0.39 is 0 Å². The number of hydrogen-bond donors (Lipinski definition) is 0. The zero-order chi connectivity index (χ0) is 21.8. The Morgan fingerprint density at radius 3 is 2.03 bits per heavy atom. The van der Waals surface area contributed by atoms with Crippen molar-refractivity contribution in [3.05, 3.63) is 126 Å². The molecule has 0 fully saturated rings. The van der Waals surface area contributed by atoms with Crippen molar-refractivity contribution in [3.8, 4) is 28.2 Å². The smallest absolute Gasteiger partial charge is 0.151 e. The van der Waals surface area contributed by atoms with Crippen molar-refractivity contribution in [3.63, 3.8) is 0 Å². The molecule has 0 N–H and O–H groups in total. The summed E-state index contributed by atoms with van der Waals surface area (Å²) in [6.07, 6.45) is 3.64. The Hall–Kier alpha value is -3.95. The van der Waals surface area contributed by atoms with E-state index in [0.717, 1.165) is 33.8 Å². The van der Waals surface area contributed by atoms with E-state index in [4.69, 9.17) is 11.6 Å². The molecule has 0 atom stereocenters. The molecule has 0 aliphatic rings. The third-order valence-corrected chi connectivity index (χ3v) is 5.47. The van der Waals surface area contributed by atoms with E-state index in [0.29, 0.717) is 10.8 Å². The molecule has 0 spiro atoms. The van der Waals surface area contributed by atoms with Crippen LogP contribution in [-0.4, -0.2) is 15.8 Å². The fraction of sp³-hybridized carbons (Fsp3) is 0. The van der Waals surface area contributed by atoms with Crippen molar-refractivity contribution in [2.75, 3.05) is 0 Å². The van der Waals surface area contributed by atoms with Gasteiger partial charge < -0.3 is 4.57 Å². The van der Waals surface area contributed by atoms with Gasteiger partial charge in [-0.15, -0.1) is 0 Å². The van der Waals surface area contributed by atoms with E-state index in [-0.39, 0.29) is 0 Å². The predicted molar refractivity (Wildman–Crippen MR) is 133 cm³/mol. The van der Waals surface area contributed by atoms with Crippen LogP contribution >= 0.6 is 11.6 Å². The lowest BCUT2D eigenvalue weighted by atomic mass is 10.1. The summed E-state index contributed by atoms with van der Waals surface area (Å²) in [5, 5.41) is 0.709. The highest BCUT2D eigenvalue weighted by Crippen LogP contribution is 2.35. The Bertz CT molecular complexity index is 1340. The SMILES string of the molecule is Clc1ccc(-n2c(-c3ccccc3)cc(C=Nc3ccccn3)c2-c2ccccc2)cc1. The maximum atomic E-state index is 6.20. The molecule has 0 aliphatic heterocycles. The molecule has 0 amide bonds. The lowest BCUT2D eigenvalue weighted by molar-refractivity contribution is 1.09. The van der Waals surface area contributed by atoms with Crippen LogP contribution in [0.2, 0.25) is 5.02 Å². The Morgan fingerprint density at radius 1 is 0.719 bits per heavy atom.